The minimum atomic E-state index is -1.55. The highest BCUT2D eigenvalue weighted by Crippen LogP contribution is 2.19. The summed E-state index contributed by atoms with van der Waals surface area (Å²) in [4.78, 5) is 42.6. The van der Waals surface area contributed by atoms with Gasteiger partial charge < -0.3 is 44.5 Å². The van der Waals surface area contributed by atoms with Crippen LogP contribution in [-0.4, -0.2) is 66.9 Å². The second-order valence-electron chi connectivity index (χ2n) is 7.40. The SMILES string of the molecule is Cc1cc(C)c(CN2CCN(C)CC2)c(C)c1.O=C([O-])/C=C\C(=O)[O-].O=C([O-])/C=C\C(=O)[O-]. The van der Waals surface area contributed by atoms with Crippen LogP contribution < -0.4 is 20.4 Å². The molecule has 10 nitrogen and oxygen atoms in total. The molecule has 0 atom stereocenters. The van der Waals surface area contributed by atoms with E-state index >= 15 is 0 Å². The van der Waals surface area contributed by atoms with E-state index in [9.17, 15) is 39.6 Å². The molecule has 1 fully saturated rings. The van der Waals surface area contributed by atoms with Crippen LogP contribution in [0.3, 0.4) is 0 Å². The fourth-order valence-electron chi connectivity index (χ4n) is 2.96. The lowest BCUT2D eigenvalue weighted by atomic mass is 9.99. The number of benzene rings is 1. The van der Waals surface area contributed by atoms with Gasteiger partial charge in [-0.2, -0.15) is 0 Å². The van der Waals surface area contributed by atoms with Crippen molar-refractivity contribution in [1.29, 1.82) is 0 Å². The number of carbonyl (C=O) groups is 4. The molecule has 0 unspecified atom stereocenters. The molecule has 0 N–H and O–H groups in total. The number of piperazine rings is 1. The Morgan fingerprint density at radius 1 is 0.727 bits per heavy atom. The van der Waals surface area contributed by atoms with Crippen molar-refractivity contribution < 1.29 is 39.6 Å². The van der Waals surface area contributed by atoms with E-state index in [0.29, 0.717) is 24.3 Å². The predicted molar refractivity (Wildman–Crippen MR) is 112 cm³/mol. The van der Waals surface area contributed by atoms with E-state index in [1.807, 2.05) is 0 Å². The van der Waals surface area contributed by atoms with Gasteiger partial charge in [-0.05, 0) is 68.8 Å². The molecule has 1 aliphatic heterocycles. The zero-order chi connectivity index (χ0) is 25.6. The summed E-state index contributed by atoms with van der Waals surface area (Å²) in [6.45, 7) is 12.6. The summed E-state index contributed by atoms with van der Waals surface area (Å²) in [6.07, 6.45) is 1.54. The molecule has 0 radical (unpaired) electrons. The summed E-state index contributed by atoms with van der Waals surface area (Å²) in [5.41, 5.74) is 5.80. The molecule has 182 valence electrons. The smallest absolute Gasteiger partial charge is 0.0643 e. The lowest BCUT2D eigenvalue weighted by molar-refractivity contribution is -0.301. The first-order chi connectivity index (χ1) is 15.3. The average Bonchev–Trinajstić information content (AvgIpc) is 2.70. The molecule has 10 heteroatoms. The van der Waals surface area contributed by atoms with Crippen LogP contribution in [0.25, 0.3) is 0 Å². The van der Waals surface area contributed by atoms with Gasteiger partial charge >= 0.3 is 0 Å². The molecular formula is C23H28N2O8-4. The van der Waals surface area contributed by atoms with Crippen LogP contribution in [0, 0.1) is 20.8 Å². The molecule has 0 bridgehead atoms. The van der Waals surface area contributed by atoms with Gasteiger partial charge in [-0.1, -0.05) is 17.7 Å². The zero-order valence-corrected chi connectivity index (χ0v) is 19.2. The number of rotatable bonds is 6. The van der Waals surface area contributed by atoms with Gasteiger partial charge in [-0.25, -0.2) is 0 Å². The van der Waals surface area contributed by atoms with Crippen molar-refractivity contribution in [3.63, 3.8) is 0 Å². The molecule has 1 aliphatic rings. The Labute approximate surface area is 193 Å². The molecule has 0 saturated carbocycles. The van der Waals surface area contributed by atoms with E-state index in [4.69, 9.17) is 0 Å². The third-order valence-electron chi connectivity index (χ3n) is 4.53. The Kier molecular flexibility index (Phi) is 13.7. The lowest BCUT2D eigenvalue weighted by Gasteiger charge is -2.33. The van der Waals surface area contributed by atoms with E-state index in [1.54, 1.807) is 0 Å². The fraction of sp³-hybridized carbons (Fsp3) is 0.391. The van der Waals surface area contributed by atoms with E-state index in [-0.39, 0.29) is 0 Å². The van der Waals surface area contributed by atoms with Crippen LogP contribution in [0.2, 0.25) is 0 Å². The summed E-state index contributed by atoms with van der Waals surface area (Å²) in [7, 11) is 2.21. The second-order valence-corrected chi connectivity index (χ2v) is 7.40. The van der Waals surface area contributed by atoms with E-state index in [0.717, 1.165) is 6.54 Å². The predicted octanol–water partition coefficient (Wildman–Crippen LogP) is -3.56. The van der Waals surface area contributed by atoms with Crippen LogP contribution in [0.5, 0.6) is 0 Å². The summed E-state index contributed by atoms with van der Waals surface area (Å²) in [6, 6.07) is 4.61. The molecule has 1 aromatic rings. The number of carboxylic acids is 4. The highest BCUT2D eigenvalue weighted by Gasteiger charge is 2.15. The Balaban J connectivity index is 0.000000539. The van der Waals surface area contributed by atoms with Gasteiger partial charge in [0, 0.05) is 32.7 Å². The van der Waals surface area contributed by atoms with Crippen molar-refractivity contribution in [3.05, 3.63) is 58.7 Å². The largest absolute Gasteiger partial charge is 0.545 e. The number of hydrogen-bond donors (Lipinski definition) is 0. The van der Waals surface area contributed by atoms with Gasteiger partial charge in [-0.15, -0.1) is 0 Å². The van der Waals surface area contributed by atoms with Gasteiger partial charge in [0.05, 0.1) is 23.9 Å². The number of aliphatic carboxylic acids is 4. The number of likely N-dealkylation sites (N-methyl/N-ethyl adjacent to an activating group) is 1. The van der Waals surface area contributed by atoms with Gasteiger partial charge in [0.25, 0.3) is 0 Å². The minimum Gasteiger partial charge on any atom is -0.545 e. The summed E-state index contributed by atoms with van der Waals surface area (Å²) >= 11 is 0. The van der Waals surface area contributed by atoms with Crippen LogP contribution in [-0.2, 0) is 25.7 Å². The number of carbonyl (C=O) groups excluding carboxylic acids is 4. The van der Waals surface area contributed by atoms with Crippen molar-refractivity contribution in [2.75, 3.05) is 33.2 Å². The Morgan fingerprint density at radius 3 is 1.36 bits per heavy atom. The van der Waals surface area contributed by atoms with E-state index < -0.39 is 23.9 Å². The van der Waals surface area contributed by atoms with Crippen LogP contribution >= 0.6 is 0 Å². The Hall–Kier alpha value is -3.50. The van der Waals surface area contributed by atoms with Gasteiger partial charge in [0.1, 0.15) is 0 Å². The molecule has 1 saturated heterocycles. The summed E-state index contributed by atoms with van der Waals surface area (Å²) in [5.74, 6) is -6.19. The first-order valence-corrected chi connectivity index (χ1v) is 9.99. The molecule has 0 aromatic heterocycles. The van der Waals surface area contributed by atoms with E-state index in [2.05, 4.69) is 49.8 Å². The maximum Gasteiger partial charge on any atom is 0.0643 e. The molecule has 1 aromatic carbocycles. The topological polar surface area (TPSA) is 167 Å². The van der Waals surface area contributed by atoms with Crippen molar-refractivity contribution in [1.82, 2.24) is 9.80 Å². The van der Waals surface area contributed by atoms with Crippen LogP contribution in [0.1, 0.15) is 22.3 Å². The van der Waals surface area contributed by atoms with Crippen molar-refractivity contribution in [3.8, 4) is 0 Å². The lowest BCUT2D eigenvalue weighted by Crippen LogP contribution is -2.44. The summed E-state index contributed by atoms with van der Waals surface area (Å²) in [5, 5.41) is 37.7. The number of hydrogen-bond acceptors (Lipinski definition) is 10. The molecule has 2 rings (SSSR count). The first-order valence-electron chi connectivity index (χ1n) is 9.99. The third kappa shape index (κ3) is 15.0. The minimum absolute atomic E-state index is 0.384. The average molecular weight is 460 g/mol. The summed E-state index contributed by atoms with van der Waals surface area (Å²) < 4.78 is 0. The Morgan fingerprint density at radius 2 is 1.06 bits per heavy atom. The van der Waals surface area contributed by atoms with Crippen molar-refractivity contribution in [2.45, 2.75) is 27.3 Å². The molecule has 0 aliphatic carbocycles. The molecule has 0 amide bonds. The zero-order valence-electron chi connectivity index (χ0n) is 19.2. The Bertz CT molecular complexity index is 795. The number of carboxylic acid groups (broad SMARTS) is 4. The van der Waals surface area contributed by atoms with Crippen LogP contribution in [0.4, 0.5) is 0 Å². The normalized spacial score (nSPS) is 14.2. The molecular weight excluding hydrogens is 432 g/mol. The standard InChI is InChI=1S/C15H24N2.2C4H4O4/c1-12-9-13(2)15(14(3)10-12)11-17-7-5-16(4)6-8-17;2*5-3(6)1-2-4(7)8/h9-10H,5-8,11H2,1-4H3;2*1-2H,(H,5,6)(H,7,8)/p-4/b;2*2-1-. The van der Waals surface area contributed by atoms with Crippen molar-refractivity contribution >= 4 is 23.9 Å². The number of aryl methyl sites for hydroxylation is 3. The maximum atomic E-state index is 9.41. The molecule has 33 heavy (non-hydrogen) atoms. The van der Waals surface area contributed by atoms with Crippen LogP contribution in [0.15, 0.2) is 36.4 Å². The van der Waals surface area contributed by atoms with E-state index in [1.165, 1.54) is 48.4 Å². The van der Waals surface area contributed by atoms with Gasteiger partial charge in [-0.3, -0.25) is 4.90 Å². The third-order valence-corrected chi connectivity index (χ3v) is 4.53. The highest BCUT2D eigenvalue weighted by molar-refractivity contribution is 5.88. The molecule has 0 spiro atoms. The monoisotopic (exact) mass is 460 g/mol. The maximum absolute atomic E-state index is 9.41. The second kappa shape index (κ2) is 15.3. The fourth-order valence-corrected chi connectivity index (χ4v) is 2.96. The highest BCUT2D eigenvalue weighted by atomic mass is 16.4. The number of nitrogens with zero attached hydrogens (tertiary/aromatic N) is 2. The van der Waals surface area contributed by atoms with Gasteiger partial charge in [0.2, 0.25) is 0 Å². The first kappa shape index (κ1) is 29.5. The molecule has 1 heterocycles. The van der Waals surface area contributed by atoms with Gasteiger partial charge in [0.15, 0.2) is 0 Å². The van der Waals surface area contributed by atoms with Crippen molar-refractivity contribution in [2.24, 2.45) is 0 Å². The quantitative estimate of drug-likeness (QED) is 0.388.